The second kappa shape index (κ2) is 4.34. The molecule has 0 aliphatic carbocycles. The summed E-state index contributed by atoms with van der Waals surface area (Å²) in [5.41, 5.74) is 1.06. The van der Waals surface area contributed by atoms with Crippen LogP contribution in [0.2, 0.25) is 0 Å². The van der Waals surface area contributed by atoms with Crippen LogP contribution in [0.5, 0.6) is 0 Å². The van der Waals surface area contributed by atoms with Gasteiger partial charge >= 0.3 is 6.09 Å². The molecule has 1 aromatic heterocycles. The van der Waals surface area contributed by atoms with E-state index in [9.17, 15) is 9.18 Å². The quantitative estimate of drug-likeness (QED) is 0.896. The van der Waals surface area contributed by atoms with Crippen LogP contribution in [0, 0.1) is 12.7 Å². The number of hydrogen-bond acceptors (Lipinski definition) is 5. The van der Waals surface area contributed by atoms with Gasteiger partial charge in [0.05, 0.1) is 0 Å². The second-order valence-electron chi connectivity index (χ2n) is 4.22. The molecular formula is C12H10FN3O3. The zero-order valence-electron chi connectivity index (χ0n) is 10.0. The summed E-state index contributed by atoms with van der Waals surface area (Å²) < 4.78 is 23.2. The van der Waals surface area contributed by atoms with Crippen molar-refractivity contribution < 1.29 is 18.4 Å². The van der Waals surface area contributed by atoms with Gasteiger partial charge < -0.3 is 14.6 Å². The maximum absolute atomic E-state index is 13.5. The van der Waals surface area contributed by atoms with Crippen molar-refractivity contribution >= 4 is 6.09 Å². The first-order valence-electron chi connectivity index (χ1n) is 5.67. The molecule has 0 spiro atoms. The molecule has 2 heterocycles. The van der Waals surface area contributed by atoms with E-state index in [0.29, 0.717) is 11.1 Å². The van der Waals surface area contributed by atoms with Gasteiger partial charge in [-0.3, -0.25) is 0 Å². The molecule has 6 nitrogen and oxygen atoms in total. The topological polar surface area (TPSA) is 77.2 Å². The van der Waals surface area contributed by atoms with Crippen molar-refractivity contribution in [1.82, 2.24) is 15.5 Å². The number of hydrogen-bond donors (Lipinski definition) is 1. The van der Waals surface area contributed by atoms with Crippen LogP contribution in [-0.4, -0.2) is 22.8 Å². The molecule has 0 bridgehead atoms. The van der Waals surface area contributed by atoms with Crippen LogP contribution in [0.15, 0.2) is 22.7 Å². The van der Waals surface area contributed by atoms with Crippen molar-refractivity contribution in [2.24, 2.45) is 0 Å². The van der Waals surface area contributed by atoms with E-state index in [4.69, 9.17) is 9.26 Å². The summed E-state index contributed by atoms with van der Waals surface area (Å²) in [6.45, 7) is 1.81. The molecular weight excluding hydrogens is 253 g/mol. The van der Waals surface area contributed by atoms with E-state index >= 15 is 0 Å². The number of nitrogens with one attached hydrogen (secondary N) is 1. The molecule has 0 unspecified atom stereocenters. The van der Waals surface area contributed by atoms with E-state index in [1.807, 2.05) is 0 Å². The maximum Gasteiger partial charge on any atom is 0.407 e. The molecule has 1 amide bonds. The van der Waals surface area contributed by atoms with Gasteiger partial charge in [0.25, 0.3) is 5.89 Å². The summed E-state index contributed by atoms with van der Waals surface area (Å²) in [5, 5.41) is 6.29. The molecule has 1 N–H and O–H groups in total. The minimum Gasteiger partial charge on any atom is -0.447 e. The summed E-state index contributed by atoms with van der Waals surface area (Å²) >= 11 is 0. The Morgan fingerprint density at radius 3 is 3.00 bits per heavy atom. The molecule has 1 fully saturated rings. The summed E-state index contributed by atoms with van der Waals surface area (Å²) in [6, 6.07) is 4.23. The SMILES string of the molecule is Cc1ccc(-c2noc([C@H]3COC(=O)N3)n2)cc1F. The zero-order chi connectivity index (χ0) is 13.4. The molecule has 1 aliphatic heterocycles. The van der Waals surface area contributed by atoms with Crippen molar-refractivity contribution in [2.45, 2.75) is 13.0 Å². The van der Waals surface area contributed by atoms with Gasteiger partial charge in [0.2, 0.25) is 5.82 Å². The fraction of sp³-hybridized carbons (Fsp3) is 0.250. The molecule has 1 aliphatic rings. The molecule has 1 atom stereocenters. The minimum absolute atomic E-state index is 0.142. The lowest BCUT2D eigenvalue weighted by atomic mass is 10.1. The zero-order valence-corrected chi connectivity index (χ0v) is 10.0. The Labute approximate surface area is 107 Å². The average Bonchev–Trinajstić information content (AvgIpc) is 3.01. The average molecular weight is 263 g/mol. The van der Waals surface area contributed by atoms with Crippen LogP contribution < -0.4 is 5.32 Å². The minimum atomic E-state index is -0.522. The summed E-state index contributed by atoms with van der Waals surface area (Å²) in [5.74, 6) is 0.179. The molecule has 98 valence electrons. The van der Waals surface area contributed by atoms with Crippen LogP contribution in [-0.2, 0) is 4.74 Å². The molecule has 7 heteroatoms. The predicted molar refractivity (Wildman–Crippen MR) is 61.7 cm³/mol. The highest BCUT2D eigenvalue weighted by molar-refractivity contribution is 5.69. The van der Waals surface area contributed by atoms with Gasteiger partial charge in [-0.15, -0.1) is 0 Å². The van der Waals surface area contributed by atoms with Crippen LogP contribution in [0.1, 0.15) is 17.5 Å². The third kappa shape index (κ3) is 2.14. The Balaban J connectivity index is 1.88. The molecule has 0 radical (unpaired) electrons. The van der Waals surface area contributed by atoms with Crippen LogP contribution in [0.3, 0.4) is 0 Å². The first-order valence-corrected chi connectivity index (χ1v) is 5.67. The molecule has 19 heavy (non-hydrogen) atoms. The molecule has 0 saturated carbocycles. The van der Waals surface area contributed by atoms with Gasteiger partial charge in [-0.1, -0.05) is 17.3 Å². The number of nitrogens with zero attached hydrogens (tertiary/aromatic N) is 2. The summed E-state index contributed by atoms with van der Waals surface area (Å²) in [4.78, 5) is 15.0. The van der Waals surface area contributed by atoms with E-state index < -0.39 is 12.1 Å². The van der Waals surface area contributed by atoms with E-state index in [1.54, 1.807) is 19.1 Å². The summed E-state index contributed by atoms with van der Waals surface area (Å²) in [7, 11) is 0. The fourth-order valence-corrected chi connectivity index (χ4v) is 1.74. The highest BCUT2D eigenvalue weighted by Gasteiger charge is 2.29. The number of cyclic esters (lactones) is 1. The third-order valence-electron chi connectivity index (χ3n) is 2.84. The number of carbonyl (C=O) groups excluding carboxylic acids is 1. The van der Waals surface area contributed by atoms with Crippen LogP contribution in [0.25, 0.3) is 11.4 Å². The fourth-order valence-electron chi connectivity index (χ4n) is 1.74. The predicted octanol–water partition coefficient (Wildman–Crippen LogP) is 1.97. The normalized spacial score (nSPS) is 18.2. The van der Waals surface area contributed by atoms with Gasteiger partial charge in [0.15, 0.2) is 0 Å². The molecule has 1 aromatic carbocycles. The van der Waals surface area contributed by atoms with E-state index in [-0.39, 0.29) is 24.1 Å². The first-order chi connectivity index (χ1) is 9.13. The lowest BCUT2D eigenvalue weighted by Crippen LogP contribution is -2.18. The Bertz CT molecular complexity index is 641. The second-order valence-corrected chi connectivity index (χ2v) is 4.22. The Morgan fingerprint density at radius 2 is 2.32 bits per heavy atom. The van der Waals surface area contributed by atoms with Gasteiger partial charge in [0, 0.05) is 5.56 Å². The van der Waals surface area contributed by atoms with Crippen LogP contribution in [0.4, 0.5) is 9.18 Å². The Morgan fingerprint density at radius 1 is 1.47 bits per heavy atom. The molecule has 2 aromatic rings. The lowest BCUT2D eigenvalue weighted by molar-refractivity contribution is 0.176. The number of ether oxygens (including phenoxy) is 1. The number of rotatable bonds is 2. The van der Waals surface area contributed by atoms with Gasteiger partial charge in [-0.05, 0) is 18.6 Å². The maximum atomic E-state index is 13.5. The van der Waals surface area contributed by atoms with Gasteiger partial charge in [-0.25, -0.2) is 9.18 Å². The highest BCUT2D eigenvalue weighted by atomic mass is 19.1. The first kappa shape index (κ1) is 11.6. The van der Waals surface area contributed by atoms with Crippen molar-refractivity contribution in [3.05, 3.63) is 35.5 Å². The number of carbonyl (C=O) groups is 1. The van der Waals surface area contributed by atoms with Crippen molar-refractivity contribution in [2.75, 3.05) is 6.61 Å². The molecule has 3 rings (SSSR count). The van der Waals surface area contributed by atoms with E-state index in [1.165, 1.54) is 6.07 Å². The number of halogens is 1. The number of alkyl carbamates (subject to hydrolysis) is 1. The monoisotopic (exact) mass is 263 g/mol. The highest BCUT2D eigenvalue weighted by Crippen LogP contribution is 2.22. The van der Waals surface area contributed by atoms with Crippen molar-refractivity contribution in [3.8, 4) is 11.4 Å². The summed E-state index contributed by atoms with van der Waals surface area (Å²) in [6.07, 6.45) is -0.522. The third-order valence-corrected chi connectivity index (χ3v) is 2.84. The van der Waals surface area contributed by atoms with Gasteiger partial charge in [-0.2, -0.15) is 4.98 Å². The van der Waals surface area contributed by atoms with Crippen molar-refractivity contribution in [1.29, 1.82) is 0 Å². The number of aryl methyl sites for hydroxylation is 1. The largest absolute Gasteiger partial charge is 0.447 e. The van der Waals surface area contributed by atoms with Crippen molar-refractivity contribution in [3.63, 3.8) is 0 Å². The smallest absolute Gasteiger partial charge is 0.407 e. The number of amides is 1. The standard InChI is InChI=1S/C12H10FN3O3/c1-6-2-3-7(4-8(6)13)10-15-11(19-16-10)9-5-18-12(17)14-9/h2-4,9H,5H2,1H3,(H,14,17)/t9-/m1/s1. The number of benzene rings is 1. The Hall–Kier alpha value is -2.44. The van der Waals surface area contributed by atoms with E-state index in [2.05, 4.69) is 15.5 Å². The molecule has 1 saturated heterocycles. The number of aromatic nitrogens is 2. The van der Waals surface area contributed by atoms with Gasteiger partial charge in [0.1, 0.15) is 18.5 Å². The van der Waals surface area contributed by atoms with Crippen LogP contribution >= 0.6 is 0 Å². The lowest BCUT2D eigenvalue weighted by Gasteiger charge is -1.99. The van der Waals surface area contributed by atoms with E-state index in [0.717, 1.165) is 0 Å². The Kier molecular flexibility index (Phi) is 2.66.